The van der Waals surface area contributed by atoms with Crippen molar-refractivity contribution in [3.63, 3.8) is 0 Å². The van der Waals surface area contributed by atoms with Gasteiger partial charge in [-0.1, -0.05) is 19.1 Å². The lowest BCUT2D eigenvalue weighted by Gasteiger charge is -2.24. The average molecular weight is 239 g/mol. The molecular weight excluding hydrogens is 218 g/mol. The van der Waals surface area contributed by atoms with Crippen molar-refractivity contribution in [3.8, 4) is 0 Å². The fourth-order valence-corrected chi connectivity index (χ4v) is 2.46. The van der Waals surface area contributed by atoms with E-state index in [1.807, 2.05) is 11.8 Å². The minimum atomic E-state index is 0.230. The Morgan fingerprint density at radius 1 is 1.25 bits per heavy atom. The standard InChI is InChI=1S/C13H21NOS/c1-4-16-12-7-5-11(6-8-12)13(9-10-15)14(2)3/h5-8,13,15H,4,9-10H2,1-3H3. The Kier molecular flexibility index (Phi) is 5.88. The summed E-state index contributed by atoms with van der Waals surface area (Å²) >= 11 is 1.85. The van der Waals surface area contributed by atoms with Gasteiger partial charge in [0.25, 0.3) is 0 Å². The zero-order chi connectivity index (χ0) is 12.0. The molecule has 0 heterocycles. The molecule has 1 atom stereocenters. The van der Waals surface area contributed by atoms with Crippen LogP contribution in [0.25, 0.3) is 0 Å². The third kappa shape index (κ3) is 3.81. The molecule has 1 rings (SSSR count). The van der Waals surface area contributed by atoms with E-state index in [2.05, 4.69) is 50.2 Å². The molecule has 0 fully saturated rings. The Bertz CT molecular complexity index is 297. The molecule has 1 N–H and O–H groups in total. The largest absolute Gasteiger partial charge is 0.396 e. The quantitative estimate of drug-likeness (QED) is 0.772. The molecule has 3 heteroatoms. The summed E-state index contributed by atoms with van der Waals surface area (Å²) in [6, 6.07) is 8.97. The zero-order valence-electron chi connectivity index (χ0n) is 10.3. The Hall–Kier alpha value is -0.510. The number of hydrogen-bond acceptors (Lipinski definition) is 3. The molecular formula is C13H21NOS. The lowest BCUT2D eigenvalue weighted by molar-refractivity contribution is 0.211. The number of benzene rings is 1. The minimum absolute atomic E-state index is 0.230. The van der Waals surface area contributed by atoms with Crippen molar-refractivity contribution in [1.82, 2.24) is 4.90 Å². The average Bonchev–Trinajstić information content (AvgIpc) is 2.27. The summed E-state index contributed by atoms with van der Waals surface area (Å²) in [6.45, 7) is 2.39. The molecule has 1 aromatic carbocycles. The fourth-order valence-electron chi connectivity index (χ4n) is 1.80. The van der Waals surface area contributed by atoms with Crippen LogP contribution in [0.1, 0.15) is 24.9 Å². The smallest absolute Gasteiger partial charge is 0.0449 e. The summed E-state index contributed by atoms with van der Waals surface area (Å²) in [7, 11) is 4.10. The molecule has 0 saturated carbocycles. The van der Waals surface area contributed by atoms with E-state index >= 15 is 0 Å². The van der Waals surface area contributed by atoms with Crippen LogP contribution in [0.2, 0.25) is 0 Å². The van der Waals surface area contributed by atoms with Crippen LogP contribution in [0.4, 0.5) is 0 Å². The van der Waals surface area contributed by atoms with E-state index in [0.29, 0.717) is 6.04 Å². The highest BCUT2D eigenvalue weighted by atomic mass is 32.2. The van der Waals surface area contributed by atoms with Crippen molar-refractivity contribution in [2.24, 2.45) is 0 Å². The van der Waals surface area contributed by atoms with Crippen molar-refractivity contribution >= 4 is 11.8 Å². The van der Waals surface area contributed by atoms with Crippen LogP contribution >= 0.6 is 11.8 Å². The molecule has 1 unspecified atom stereocenters. The molecule has 0 aromatic heterocycles. The van der Waals surface area contributed by atoms with Crippen LogP contribution in [-0.2, 0) is 0 Å². The summed E-state index contributed by atoms with van der Waals surface area (Å²) in [5.74, 6) is 1.10. The second-order valence-corrected chi connectivity index (χ2v) is 5.33. The lowest BCUT2D eigenvalue weighted by atomic mass is 10.0. The highest BCUT2D eigenvalue weighted by Crippen LogP contribution is 2.25. The molecule has 90 valence electrons. The highest BCUT2D eigenvalue weighted by molar-refractivity contribution is 7.99. The van der Waals surface area contributed by atoms with Gasteiger partial charge in [0.15, 0.2) is 0 Å². The van der Waals surface area contributed by atoms with Gasteiger partial charge in [0, 0.05) is 17.5 Å². The molecule has 0 aliphatic carbocycles. The maximum atomic E-state index is 9.05. The van der Waals surface area contributed by atoms with Crippen molar-refractivity contribution in [1.29, 1.82) is 0 Å². The van der Waals surface area contributed by atoms with Gasteiger partial charge in [-0.25, -0.2) is 0 Å². The number of thioether (sulfide) groups is 1. The molecule has 1 aromatic rings. The molecule has 2 nitrogen and oxygen atoms in total. The van der Waals surface area contributed by atoms with Gasteiger partial charge >= 0.3 is 0 Å². The summed E-state index contributed by atoms with van der Waals surface area (Å²) in [5.41, 5.74) is 1.28. The SMILES string of the molecule is CCSc1ccc(C(CCO)N(C)C)cc1. The summed E-state index contributed by atoms with van der Waals surface area (Å²) in [6.07, 6.45) is 0.785. The lowest BCUT2D eigenvalue weighted by Crippen LogP contribution is -2.20. The van der Waals surface area contributed by atoms with Crippen LogP contribution in [0.5, 0.6) is 0 Å². The normalized spacial score (nSPS) is 13.1. The molecule has 0 aliphatic heterocycles. The highest BCUT2D eigenvalue weighted by Gasteiger charge is 2.12. The van der Waals surface area contributed by atoms with E-state index in [4.69, 9.17) is 5.11 Å². The van der Waals surface area contributed by atoms with Crippen LogP contribution in [0.15, 0.2) is 29.2 Å². The van der Waals surface area contributed by atoms with E-state index in [0.717, 1.165) is 12.2 Å². The van der Waals surface area contributed by atoms with Gasteiger partial charge in [0.2, 0.25) is 0 Å². The Morgan fingerprint density at radius 3 is 2.31 bits per heavy atom. The predicted molar refractivity (Wildman–Crippen MR) is 71.0 cm³/mol. The van der Waals surface area contributed by atoms with Crippen LogP contribution in [0.3, 0.4) is 0 Å². The number of rotatable bonds is 6. The second kappa shape index (κ2) is 6.94. The number of nitrogens with zero attached hydrogens (tertiary/aromatic N) is 1. The molecule has 0 spiro atoms. The van der Waals surface area contributed by atoms with Crippen molar-refractivity contribution in [2.45, 2.75) is 24.3 Å². The molecule has 0 radical (unpaired) electrons. The van der Waals surface area contributed by atoms with Gasteiger partial charge < -0.3 is 10.0 Å². The molecule has 0 amide bonds. The van der Waals surface area contributed by atoms with E-state index < -0.39 is 0 Å². The number of aliphatic hydroxyl groups is 1. The van der Waals surface area contributed by atoms with E-state index in [1.165, 1.54) is 10.5 Å². The first-order valence-electron chi connectivity index (χ1n) is 5.69. The van der Waals surface area contributed by atoms with Crippen LogP contribution in [0, 0.1) is 0 Å². The van der Waals surface area contributed by atoms with E-state index in [-0.39, 0.29) is 6.61 Å². The van der Waals surface area contributed by atoms with E-state index in [9.17, 15) is 0 Å². The van der Waals surface area contributed by atoms with Gasteiger partial charge in [0.05, 0.1) is 0 Å². The van der Waals surface area contributed by atoms with Gasteiger partial charge in [-0.2, -0.15) is 0 Å². The van der Waals surface area contributed by atoms with E-state index in [1.54, 1.807) is 0 Å². The Balaban J connectivity index is 2.77. The molecule has 16 heavy (non-hydrogen) atoms. The van der Waals surface area contributed by atoms with Crippen LogP contribution in [-0.4, -0.2) is 36.5 Å². The van der Waals surface area contributed by atoms with Gasteiger partial charge in [0.1, 0.15) is 0 Å². The molecule has 0 saturated heterocycles. The Morgan fingerprint density at radius 2 is 1.88 bits per heavy atom. The third-order valence-corrected chi connectivity index (χ3v) is 3.50. The third-order valence-electron chi connectivity index (χ3n) is 2.60. The first kappa shape index (κ1) is 13.6. The predicted octanol–water partition coefficient (Wildman–Crippen LogP) is 2.78. The van der Waals surface area contributed by atoms with Crippen molar-refractivity contribution < 1.29 is 5.11 Å². The molecule has 0 bridgehead atoms. The molecule has 0 aliphatic rings. The first-order valence-corrected chi connectivity index (χ1v) is 6.67. The van der Waals surface area contributed by atoms with Crippen molar-refractivity contribution in [3.05, 3.63) is 29.8 Å². The van der Waals surface area contributed by atoms with Gasteiger partial charge in [-0.15, -0.1) is 11.8 Å². The van der Waals surface area contributed by atoms with Gasteiger partial charge in [-0.3, -0.25) is 0 Å². The Labute approximate surface area is 103 Å². The second-order valence-electron chi connectivity index (χ2n) is 3.99. The number of hydrogen-bond donors (Lipinski definition) is 1. The maximum Gasteiger partial charge on any atom is 0.0449 e. The summed E-state index contributed by atoms with van der Waals surface area (Å²) in [5, 5.41) is 9.05. The monoisotopic (exact) mass is 239 g/mol. The van der Waals surface area contributed by atoms with Crippen LogP contribution < -0.4 is 0 Å². The minimum Gasteiger partial charge on any atom is -0.396 e. The number of aliphatic hydroxyl groups excluding tert-OH is 1. The first-order chi connectivity index (χ1) is 7.69. The van der Waals surface area contributed by atoms with Crippen molar-refractivity contribution in [2.75, 3.05) is 26.5 Å². The zero-order valence-corrected chi connectivity index (χ0v) is 11.1. The summed E-state index contributed by atoms with van der Waals surface area (Å²) in [4.78, 5) is 3.46. The fraction of sp³-hybridized carbons (Fsp3) is 0.538. The summed E-state index contributed by atoms with van der Waals surface area (Å²) < 4.78 is 0. The topological polar surface area (TPSA) is 23.5 Å². The van der Waals surface area contributed by atoms with Gasteiger partial charge in [-0.05, 0) is 44.0 Å². The maximum absolute atomic E-state index is 9.05.